The van der Waals surface area contributed by atoms with Crippen molar-refractivity contribution in [2.75, 3.05) is 0 Å². The smallest absolute Gasteiger partial charge is 0.334 e. The highest BCUT2D eigenvalue weighted by atomic mass is 16.6. The van der Waals surface area contributed by atoms with Gasteiger partial charge in [0, 0.05) is 0 Å². The van der Waals surface area contributed by atoms with Crippen LogP contribution in [0.15, 0.2) is 24.3 Å². The summed E-state index contributed by atoms with van der Waals surface area (Å²) in [5, 5.41) is 0. The lowest BCUT2D eigenvalue weighted by molar-refractivity contribution is -0.165. The zero-order valence-electron chi connectivity index (χ0n) is 19.4. The second kappa shape index (κ2) is 13.0. The Morgan fingerprint density at radius 1 is 0.788 bits per heavy atom. The molecular formula is C22H34N4O7. The number of carbonyl (C=O) groups excluding carboxylic acids is 4. The lowest BCUT2D eigenvalue weighted by Gasteiger charge is -2.21. The summed E-state index contributed by atoms with van der Waals surface area (Å²) in [5.74, 6) is -2.88. The van der Waals surface area contributed by atoms with E-state index in [1.165, 1.54) is 26.0 Å². The molecule has 8 N–H and O–H groups in total. The van der Waals surface area contributed by atoms with Gasteiger partial charge in [-0.05, 0) is 50.3 Å². The molecular weight excluding hydrogens is 432 g/mol. The zero-order chi connectivity index (χ0) is 25.3. The third kappa shape index (κ3) is 9.66. The Bertz CT molecular complexity index is 827. The SMILES string of the molecule is CC(C)C[C@H](N)C(=O)O[C@H](C)[C@H](N)C(=O)OC(=O)[C@@H](N)Cc1ccc(OC(=O)[C@H](C)N)cc1. The van der Waals surface area contributed by atoms with E-state index >= 15 is 0 Å². The molecule has 5 atom stereocenters. The summed E-state index contributed by atoms with van der Waals surface area (Å²) in [6, 6.07) is 2.09. The van der Waals surface area contributed by atoms with Crippen LogP contribution in [0, 0.1) is 5.92 Å². The third-order valence-electron chi connectivity index (χ3n) is 4.58. The molecule has 33 heavy (non-hydrogen) atoms. The lowest BCUT2D eigenvalue weighted by Crippen LogP contribution is -2.48. The predicted molar refractivity (Wildman–Crippen MR) is 119 cm³/mol. The highest BCUT2D eigenvalue weighted by molar-refractivity contribution is 5.91. The summed E-state index contributed by atoms with van der Waals surface area (Å²) >= 11 is 0. The van der Waals surface area contributed by atoms with Gasteiger partial charge in [0.1, 0.15) is 36.0 Å². The van der Waals surface area contributed by atoms with Crippen molar-refractivity contribution in [2.24, 2.45) is 28.9 Å². The zero-order valence-corrected chi connectivity index (χ0v) is 19.4. The second-order valence-electron chi connectivity index (χ2n) is 8.31. The normalized spacial score (nSPS) is 15.7. The summed E-state index contributed by atoms with van der Waals surface area (Å²) in [4.78, 5) is 47.9. The number of carbonyl (C=O) groups is 4. The highest BCUT2D eigenvalue weighted by Crippen LogP contribution is 2.14. The van der Waals surface area contributed by atoms with Crippen molar-refractivity contribution in [1.29, 1.82) is 0 Å². The molecule has 0 spiro atoms. The maximum absolute atomic E-state index is 12.2. The maximum atomic E-state index is 12.2. The van der Waals surface area contributed by atoms with Gasteiger partial charge >= 0.3 is 23.9 Å². The minimum absolute atomic E-state index is 0.0530. The summed E-state index contributed by atoms with van der Waals surface area (Å²) in [5.41, 5.74) is 23.4. The molecule has 0 saturated heterocycles. The Balaban J connectivity index is 2.57. The highest BCUT2D eigenvalue weighted by Gasteiger charge is 2.30. The molecule has 0 aliphatic carbocycles. The van der Waals surface area contributed by atoms with Gasteiger partial charge in [0.15, 0.2) is 0 Å². The lowest BCUT2D eigenvalue weighted by atomic mass is 10.0. The molecule has 0 aliphatic heterocycles. The van der Waals surface area contributed by atoms with E-state index in [9.17, 15) is 19.2 Å². The minimum atomic E-state index is -1.39. The third-order valence-corrected chi connectivity index (χ3v) is 4.58. The van der Waals surface area contributed by atoms with Crippen molar-refractivity contribution in [3.05, 3.63) is 29.8 Å². The van der Waals surface area contributed by atoms with Crippen LogP contribution in [-0.2, 0) is 35.1 Å². The van der Waals surface area contributed by atoms with E-state index in [4.69, 9.17) is 37.1 Å². The van der Waals surface area contributed by atoms with Gasteiger partial charge < -0.3 is 37.1 Å². The van der Waals surface area contributed by atoms with Crippen LogP contribution in [0.5, 0.6) is 5.75 Å². The fourth-order valence-electron chi connectivity index (χ4n) is 2.62. The number of esters is 4. The molecule has 0 amide bonds. The average molecular weight is 467 g/mol. The molecule has 11 nitrogen and oxygen atoms in total. The van der Waals surface area contributed by atoms with Crippen molar-refractivity contribution in [2.45, 2.75) is 70.8 Å². The topological polar surface area (TPSA) is 200 Å². The van der Waals surface area contributed by atoms with Gasteiger partial charge in [-0.3, -0.25) is 4.79 Å². The Morgan fingerprint density at radius 3 is 1.88 bits per heavy atom. The largest absolute Gasteiger partial charge is 0.459 e. The van der Waals surface area contributed by atoms with Crippen LogP contribution in [0.25, 0.3) is 0 Å². The van der Waals surface area contributed by atoms with E-state index in [2.05, 4.69) is 0 Å². The monoisotopic (exact) mass is 466 g/mol. The van der Waals surface area contributed by atoms with Crippen LogP contribution in [0.2, 0.25) is 0 Å². The molecule has 0 saturated carbocycles. The minimum Gasteiger partial charge on any atom is -0.459 e. The Morgan fingerprint density at radius 2 is 1.36 bits per heavy atom. The van der Waals surface area contributed by atoms with Gasteiger partial charge in [0.05, 0.1) is 0 Å². The van der Waals surface area contributed by atoms with Crippen molar-refractivity contribution >= 4 is 23.9 Å². The average Bonchev–Trinajstić information content (AvgIpc) is 2.73. The summed E-state index contributed by atoms with van der Waals surface area (Å²) < 4.78 is 14.9. The Labute approximate surface area is 193 Å². The summed E-state index contributed by atoms with van der Waals surface area (Å²) in [7, 11) is 0. The number of hydrogen-bond donors (Lipinski definition) is 4. The van der Waals surface area contributed by atoms with Crippen molar-refractivity contribution in [1.82, 2.24) is 0 Å². The molecule has 1 rings (SSSR count). The van der Waals surface area contributed by atoms with Crippen molar-refractivity contribution in [3.8, 4) is 5.75 Å². The first-order valence-electron chi connectivity index (χ1n) is 10.6. The molecule has 184 valence electrons. The predicted octanol–water partition coefficient (Wildman–Crippen LogP) is -0.489. The molecule has 11 heteroatoms. The molecule has 0 aliphatic rings. The molecule has 1 aromatic rings. The molecule has 0 fully saturated rings. The number of benzene rings is 1. The second-order valence-corrected chi connectivity index (χ2v) is 8.31. The molecule has 1 aromatic carbocycles. The van der Waals surface area contributed by atoms with Crippen LogP contribution < -0.4 is 27.7 Å². The Kier molecular flexibility index (Phi) is 11.1. The first-order chi connectivity index (χ1) is 15.3. The van der Waals surface area contributed by atoms with Crippen molar-refractivity contribution in [3.63, 3.8) is 0 Å². The van der Waals surface area contributed by atoms with Crippen molar-refractivity contribution < 1.29 is 33.4 Å². The van der Waals surface area contributed by atoms with Gasteiger partial charge in [-0.1, -0.05) is 26.0 Å². The van der Waals surface area contributed by atoms with Gasteiger partial charge in [-0.25, -0.2) is 14.4 Å². The summed E-state index contributed by atoms with van der Waals surface area (Å²) in [6.07, 6.45) is -0.593. The van der Waals surface area contributed by atoms with Gasteiger partial charge in [-0.15, -0.1) is 0 Å². The molecule has 0 radical (unpaired) electrons. The molecule has 0 bridgehead atoms. The fourth-order valence-corrected chi connectivity index (χ4v) is 2.62. The van der Waals surface area contributed by atoms with Crippen LogP contribution in [0.3, 0.4) is 0 Å². The van der Waals surface area contributed by atoms with E-state index in [0.717, 1.165) is 0 Å². The quantitative estimate of drug-likeness (QED) is 0.186. The maximum Gasteiger partial charge on any atom is 0.334 e. The van der Waals surface area contributed by atoms with Gasteiger partial charge in [0.2, 0.25) is 0 Å². The van der Waals surface area contributed by atoms with E-state index in [-0.39, 0.29) is 18.1 Å². The van der Waals surface area contributed by atoms with Crippen LogP contribution >= 0.6 is 0 Å². The van der Waals surface area contributed by atoms with E-state index in [1.54, 1.807) is 12.1 Å². The molecule has 0 heterocycles. The number of rotatable bonds is 11. The number of nitrogens with two attached hydrogens (primary N) is 4. The molecule has 0 unspecified atom stereocenters. The van der Waals surface area contributed by atoms with E-state index < -0.39 is 54.1 Å². The fraction of sp³-hybridized carbons (Fsp3) is 0.545. The first kappa shape index (κ1) is 28.2. The van der Waals surface area contributed by atoms with Crippen LogP contribution in [-0.4, -0.2) is 54.1 Å². The van der Waals surface area contributed by atoms with E-state index in [0.29, 0.717) is 12.0 Å². The number of hydrogen-bond acceptors (Lipinski definition) is 11. The summed E-state index contributed by atoms with van der Waals surface area (Å²) in [6.45, 7) is 6.71. The van der Waals surface area contributed by atoms with E-state index in [1.807, 2.05) is 13.8 Å². The van der Waals surface area contributed by atoms with Crippen LogP contribution in [0.1, 0.15) is 39.7 Å². The standard InChI is InChI=1S/C22H34N4O7/c1-11(2)9-16(24)20(28)31-13(4)18(26)22(30)33-21(29)17(25)10-14-5-7-15(8-6-14)32-19(27)12(3)23/h5-8,11-13,16-18H,9-10,23-26H2,1-4H3/t12-,13+,16-,17-,18-/m0/s1. The number of ether oxygens (including phenoxy) is 3. The first-order valence-corrected chi connectivity index (χ1v) is 10.6. The van der Waals surface area contributed by atoms with Gasteiger partial charge in [0.25, 0.3) is 0 Å². The molecule has 0 aromatic heterocycles. The Hall–Kier alpha value is -2.86. The van der Waals surface area contributed by atoms with Crippen LogP contribution in [0.4, 0.5) is 0 Å². The van der Waals surface area contributed by atoms with Gasteiger partial charge in [-0.2, -0.15) is 0 Å².